The van der Waals surface area contributed by atoms with Crippen LogP contribution in [-0.4, -0.2) is 12.6 Å². The molecule has 0 spiro atoms. The Hall–Kier alpha value is -0.0400. The van der Waals surface area contributed by atoms with Gasteiger partial charge in [-0.2, -0.15) is 0 Å². The van der Waals surface area contributed by atoms with Gasteiger partial charge in [0.25, 0.3) is 0 Å². The van der Waals surface area contributed by atoms with E-state index in [0.717, 1.165) is 6.04 Å². The maximum absolute atomic E-state index is 3.59. The molecule has 0 aromatic rings. The van der Waals surface area contributed by atoms with Gasteiger partial charge in [0.1, 0.15) is 0 Å². The number of nitrogens with one attached hydrogen (secondary N) is 1. The van der Waals surface area contributed by atoms with Gasteiger partial charge in [-0.15, -0.1) is 0 Å². The van der Waals surface area contributed by atoms with Crippen LogP contribution in [0.5, 0.6) is 0 Å². The Morgan fingerprint density at radius 2 is 2.45 bits per heavy atom. The minimum Gasteiger partial charge on any atom is -0.314 e. The number of hydrogen-bond acceptors (Lipinski definition) is 1. The van der Waals surface area contributed by atoms with Crippen molar-refractivity contribution in [2.75, 3.05) is 6.54 Å². The Morgan fingerprint density at radius 1 is 1.55 bits per heavy atom. The highest BCUT2D eigenvalue weighted by molar-refractivity contribution is 4.81. The predicted molar refractivity (Wildman–Crippen MR) is 49.5 cm³/mol. The van der Waals surface area contributed by atoms with E-state index in [1.807, 2.05) is 0 Å². The molecular weight excluding hydrogens is 134 g/mol. The highest BCUT2D eigenvalue weighted by Gasteiger charge is 2.11. The number of unbranched alkanes of at least 4 members (excludes halogenated alkanes) is 1. The van der Waals surface area contributed by atoms with Crippen LogP contribution in [0.15, 0.2) is 0 Å². The topological polar surface area (TPSA) is 12.0 Å². The molecule has 1 aliphatic carbocycles. The molecule has 1 unspecified atom stereocenters. The lowest BCUT2D eigenvalue weighted by atomic mass is 9.95. The first-order valence-electron chi connectivity index (χ1n) is 4.98. The second-order valence-corrected chi connectivity index (χ2v) is 3.46. The van der Waals surface area contributed by atoms with Gasteiger partial charge in [-0.1, -0.05) is 26.2 Å². The van der Waals surface area contributed by atoms with Crippen molar-refractivity contribution in [1.29, 1.82) is 0 Å². The Labute approximate surface area is 70.6 Å². The van der Waals surface area contributed by atoms with Crippen molar-refractivity contribution in [1.82, 2.24) is 5.32 Å². The summed E-state index contributed by atoms with van der Waals surface area (Å²) < 4.78 is 0. The fraction of sp³-hybridized carbons (Fsp3) is 0.900. The number of rotatable bonds is 4. The normalized spacial score (nSPS) is 20.5. The van der Waals surface area contributed by atoms with E-state index in [9.17, 15) is 0 Å². The lowest BCUT2D eigenvalue weighted by Crippen LogP contribution is -2.31. The van der Waals surface area contributed by atoms with Crippen LogP contribution < -0.4 is 5.32 Å². The van der Waals surface area contributed by atoms with Gasteiger partial charge >= 0.3 is 0 Å². The Bertz CT molecular complexity index is 84.9. The van der Waals surface area contributed by atoms with Gasteiger partial charge in [-0.05, 0) is 32.2 Å². The molecule has 1 saturated carbocycles. The standard InChI is InChI=1S/C10H20N/c1-2-3-9-11-10-7-5-4-6-8-10/h5,10-11H,2-4,6-9H2,1H3. The molecule has 1 N–H and O–H groups in total. The van der Waals surface area contributed by atoms with Gasteiger partial charge in [0.05, 0.1) is 0 Å². The smallest absolute Gasteiger partial charge is 0.00698 e. The van der Waals surface area contributed by atoms with Crippen LogP contribution in [0, 0.1) is 6.42 Å². The summed E-state index contributed by atoms with van der Waals surface area (Å²) in [6.45, 7) is 3.46. The van der Waals surface area contributed by atoms with Gasteiger partial charge in [-0.3, -0.25) is 0 Å². The van der Waals surface area contributed by atoms with Gasteiger partial charge in [0.15, 0.2) is 0 Å². The molecule has 1 fully saturated rings. The maximum atomic E-state index is 3.59. The fourth-order valence-corrected chi connectivity index (χ4v) is 1.61. The van der Waals surface area contributed by atoms with Crippen molar-refractivity contribution in [2.24, 2.45) is 0 Å². The molecule has 1 rings (SSSR count). The Morgan fingerprint density at radius 3 is 3.09 bits per heavy atom. The van der Waals surface area contributed by atoms with E-state index in [-0.39, 0.29) is 0 Å². The molecule has 1 atom stereocenters. The summed E-state index contributed by atoms with van der Waals surface area (Å²) in [4.78, 5) is 0. The zero-order valence-corrected chi connectivity index (χ0v) is 7.60. The first-order chi connectivity index (χ1) is 5.43. The van der Waals surface area contributed by atoms with Crippen LogP contribution >= 0.6 is 0 Å². The van der Waals surface area contributed by atoms with Gasteiger partial charge in [0.2, 0.25) is 0 Å². The molecular formula is C10H20N. The average Bonchev–Trinajstić information content (AvgIpc) is 2.07. The van der Waals surface area contributed by atoms with Gasteiger partial charge in [-0.25, -0.2) is 0 Å². The van der Waals surface area contributed by atoms with E-state index in [1.165, 1.54) is 45.1 Å². The third-order valence-corrected chi connectivity index (χ3v) is 2.38. The molecule has 0 aromatic heterocycles. The monoisotopic (exact) mass is 154 g/mol. The summed E-state index contributed by atoms with van der Waals surface area (Å²) in [5.74, 6) is 0. The van der Waals surface area contributed by atoms with Crippen LogP contribution in [0.4, 0.5) is 0 Å². The first-order valence-corrected chi connectivity index (χ1v) is 4.98. The lowest BCUT2D eigenvalue weighted by molar-refractivity contribution is 0.419. The largest absolute Gasteiger partial charge is 0.314 e. The van der Waals surface area contributed by atoms with Gasteiger partial charge < -0.3 is 5.32 Å². The zero-order chi connectivity index (χ0) is 7.94. The molecule has 0 bridgehead atoms. The van der Waals surface area contributed by atoms with E-state index in [4.69, 9.17) is 0 Å². The maximum Gasteiger partial charge on any atom is 0.00698 e. The SMILES string of the molecule is CCCCNC1C[CH]CCC1. The third kappa shape index (κ3) is 3.76. The molecule has 0 aromatic carbocycles. The van der Waals surface area contributed by atoms with Crippen LogP contribution in [0.2, 0.25) is 0 Å². The van der Waals surface area contributed by atoms with E-state index in [1.54, 1.807) is 0 Å². The molecule has 0 saturated heterocycles. The molecule has 1 heteroatoms. The van der Waals surface area contributed by atoms with Crippen molar-refractivity contribution in [2.45, 2.75) is 51.5 Å². The third-order valence-electron chi connectivity index (χ3n) is 2.38. The van der Waals surface area contributed by atoms with Crippen LogP contribution in [-0.2, 0) is 0 Å². The summed E-state index contributed by atoms with van der Waals surface area (Å²) in [5, 5.41) is 3.59. The molecule has 0 heterocycles. The molecule has 1 aliphatic rings. The predicted octanol–water partition coefficient (Wildman–Crippen LogP) is 2.52. The van der Waals surface area contributed by atoms with Crippen molar-refractivity contribution in [3.63, 3.8) is 0 Å². The van der Waals surface area contributed by atoms with E-state index < -0.39 is 0 Å². The van der Waals surface area contributed by atoms with Crippen molar-refractivity contribution >= 4 is 0 Å². The van der Waals surface area contributed by atoms with E-state index >= 15 is 0 Å². The minimum absolute atomic E-state index is 0.801. The number of hydrogen-bond donors (Lipinski definition) is 1. The molecule has 1 radical (unpaired) electrons. The molecule has 1 nitrogen and oxygen atoms in total. The summed E-state index contributed by atoms with van der Waals surface area (Å²) in [6, 6.07) is 0.801. The average molecular weight is 154 g/mol. The summed E-state index contributed by atoms with van der Waals surface area (Å²) in [6.07, 6.45) is 10.5. The van der Waals surface area contributed by atoms with E-state index in [2.05, 4.69) is 18.7 Å². The highest BCUT2D eigenvalue weighted by Crippen LogP contribution is 2.16. The van der Waals surface area contributed by atoms with Gasteiger partial charge in [0, 0.05) is 6.04 Å². The van der Waals surface area contributed by atoms with Crippen molar-refractivity contribution in [3.8, 4) is 0 Å². The first kappa shape index (κ1) is 9.05. The van der Waals surface area contributed by atoms with Crippen molar-refractivity contribution < 1.29 is 0 Å². The second kappa shape index (κ2) is 5.59. The minimum atomic E-state index is 0.801. The van der Waals surface area contributed by atoms with Crippen LogP contribution in [0.25, 0.3) is 0 Å². The fourth-order valence-electron chi connectivity index (χ4n) is 1.61. The molecule has 65 valence electrons. The molecule has 11 heavy (non-hydrogen) atoms. The summed E-state index contributed by atoms with van der Waals surface area (Å²) >= 11 is 0. The summed E-state index contributed by atoms with van der Waals surface area (Å²) in [7, 11) is 0. The highest BCUT2D eigenvalue weighted by atomic mass is 14.9. The summed E-state index contributed by atoms with van der Waals surface area (Å²) in [5.41, 5.74) is 0. The zero-order valence-electron chi connectivity index (χ0n) is 7.60. The van der Waals surface area contributed by atoms with Crippen LogP contribution in [0.3, 0.4) is 0 Å². The molecule has 0 amide bonds. The quantitative estimate of drug-likeness (QED) is 0.613. The van der Waals surface area contributed by atoms with E-state index in [0.29, 0.717) is 0 Å². The lowest BCUT2D eigenvalue weighted by Gasteiger charge is -2.22. The Kier molecular flexibility index (Phi) is 4.60. The van der Waals surface area contributed by atoms with Crippen LogP contribution in [0.1, 0.15) is 45.4 Å². The molecule has 0 aliphatic heterocycles. The van der Waals surface area contributed by atoms with Crippen molar-refractivity contribution in [3.05, 3.63) is 6.42 Å². The second-order valence-electron chi connectivity index (χ2n) is 3.46. The Balaban J connectivity index is 1.96.